The van der Waals surface area contributed by atoms with Crippen LogP contribution in [0.15, 0.2) is 34.9 Å². The zero-order valence-corrected chi connectivity index (χ0v) is 12.5. The molecule has 0 N–H and O–H groups in total. The van der Waals surface area contributed by atoms with Crippen LogP contribution in [0.5, 0.6) is 0 Å². The Bertz CT molecular complexity index is 646. The predicted octanol–water partition coefficient (Wildman–Crippen LogP) is 2.08. The minimum atomic E-state index is -0.329. The van der Waals surface area contributed by atoms with Crippen molar-refractivity contribution in [3.05, 3.63) is 53.2 Å². The number of nitrogens with zero attached hydrogens (tertiary/aromatic N) is 3. The molecule has 1 aromatic heterocycles. The van der Waals surface area contributed by atoms with Crippen LogP contribution in [0, 0.1) is 12.7 Å². The van der Waals surface area contributed by atoms with E-state index in [1.54, 1.807) is 4.90 Å². The van der Waals surface area contributed by atoms with Gasteiger partial charge >= 0.3 is 0 Å². The van der Waals surface area contributed by atoms with Gasteiger partial charge in [-0.3, -0.25) is 9.69 Å². The maximum atomic E-state index is 12.9. The molecule has 2 aromatic rings. The SMILES string of the molecule is Cc1cc(CN2CCN(C(=O)c3ccc(F)cc3)CC2)no1. The van der Waals surface area contributed by atoms with Crippen LogP contribution in [0.2, 0.25) is 0 Å². The number of amides is 1. The summed E-state index contributed by atoms with van der Waals surface area (Å²) in [5.41, 5.74) is 1.44. The summed E-state index contributed by atoms with van der Waals surface area (Å²) < 4.78 is 18.0. The minimum absolute atomic E-state index is 0.0445. The second kappa shape index (κ2) is 6.27. The molecule has 0 bridgehead atoms. The van der Waals surface area contributed by atoms with Gasteiger partial charge < -0.3 is 9.42 Å². The van der Waals surface area contributed by atoms with E-state index in [1.165, 1.54) is 24.3 Å². The Labute approximate surface area is 128 Å². The third-order valence-electron chi connectivity index (χ3n) is 3.81. The first-order chi connectivity index (χ1) is 10.6. The van der Waals surface area contributed by atoms with Crippen molar-refractivity contribution in [1.82, 2.24) is 15.0 Å². The highest BCUT2D eigenvalue weighted by Gasteiger charge is 2.22. The van der Waals surface area contributed by atoms with Crippen LogP contribution in [0.1, 0.15) is 21.8 Å². The summed E-state index contributed by atoms with van der Waals surface area (Å²) in [6.45, 7) is 5.50. The third-order valence-corrected chi connectivity index (χ3v) is 3.81. The van der Waals surface area contributed by atoms with Crippen LogP contribution >= 0.6 is 0 Å². The number of aromatic nitrogens is 1. The lowest BCUT2D eigenvalue weighted by Crippen LogP contribution is -2.48. The van der Waals surface area contributed by atoms with E-state index >= 15 is 0 Å². The molecule has 22 heavy (non-hydrogen) atoms. The number of aryl methyl sites for hydroxylation is 1. The highest BCUT2D eigenvalue weighted by Crippen LogP contribution is 2.12. The zero-order chi connectivity index (χ0) is 15.5. The van der Waals surface area contributed by atoms with Gasteiger partial charge in [-0.25, -0.2) is 4.39 Å². The predicted molar refractivity (Wildman–Crippen MR) is 78.8 cm³/mol. The Morgan fingerprint density at radius 3 is 2.50 bits per heavy atom. The number of hydrogen-bond acceptors (Lipinski definition) is 4. The summed E-state index contributed by atoms with van der Waals surface area (Å²) in [7, 11) is 0. The Kier molecular flexibility index (Phi) is 4.20. The van der Waals surface area contributed by atoms with Crippen LogP contribution in [0.3, 0.4) is 0 Å². The topological polar surface area (TPSA) is 49.6 Å². The molecule has 0 aliphatic carbocycles. The van der Waals surface area contributed by atoms with Gasteiger partial charge in [0.2, 0.25) is 0 Å². The van der Waals surface area contributed by atoms with Crippen LogP contribution in [0.25, 0.3) is 0 Å². The van der Waals surface area contributed by atoms with Crippen molar-refractivity contribution in [3.63, 3.8) is 0 Å². The summed E-state index contributed by atoms with van der Waals surface area (Å²) in [4.78, 5) is 16.4. The molecule has 0 atom stereocenters. The van der Waals surface area contributed by atoms with E-state index in [0.717, 1.165) is 31.1 Å². The number of carbonyl (C=O) groups is 1. The van der Waals surface area contributed by atoms with Gasteiger partial charge in [0, 0.05) is 44.4 Å². The van der Waals surface area contributed by atoms with E-state index in [0.29, 0.717) is 18.7 Å². The zero-order valence-electron chi connectivity index (χ0n) is 12.5. The fraction of sp³-hybridized carbons (Fsp3) is 0.375. The summed E-state index contributed by atoms with van der Waals surface area (Å²) in [5, 5.41) is 3.99. The van der Waals surface area contributed by atoms with E-state index in [1.807, 2.05) is 13.0 Å². The summed E-state index contributed by atoms with van der Waals surface area (Å²) in [5.74, 6) is 0.432. The highest BCUT2D eigenvalue weighted by molar-refractivity contribution is 5.94. The lowest BCUT2D eigenvalue weighted by Gasteiger charge is -2.34. The Morgan fingerprint density at radius 1 is 1.23 bits per heavy atom. The summed E-state index contributed by atoms with van der Waals surface area (Å²) in [6, 6.07) is 7.62. The van der Waals surface area contributed by atoms with Crippen molar-refractivity contribution in [1.29, 1.82) is 0 Å². The Hall–Kier alpha value is -2.21. The van der Waals surface area contributed by atoms with E-state index in [2.05, 4.69) is 10.1 Å². The quantitative estimate of drug-likeness (QED) is 0.871. The molecule has 2 heterocycles. The fourth-order valence-electron chi connectivity index (χ4n) is 2.61. The summed E-state index contributed by atoms with van der Waals surface area (Å²) in [6.07, 6.45) is 0. The first kappa shape index (κ1) is 14.7. The second-order valence-corrected chi connectivity index (χ2v) is 5.50. The first-order valence-corrected chi connectivity index (χ1v) is 7.31. The minimum Gasteiger partial charge on any atom is -0.361 e. The van der Waals surface area contributed by atoms with E-state index in [-0.39, 0.29) is 11.7 Å². The second-order valence-electron chi connectivity index (χ2n) is 5.50. The number of benzene rings is 1. The summed E-state index contributed by atoms with van der Waals surface area (Å²) >= 11 is 0. The van der Waals surface area contributed by atoms with Crippen molar-refractivity contribution >= 4 is 5.91 Å². The van der Waals surface area contributed by atoms with Gasteiger partial charge in [-0.1, -0.05) is 5.16 Å². The van der Waals surface area contributed by atoms with Gasteiger partial charge in [0.05, 0.1) is 5.69 Å². The lowest BCUT2D eigenvalue weighted by molar-refractivity contribution is 0.0625. The molecule has 116 valence electrons. The smallest absolute Gasteiger partial charge is 0.253 e. The van der Waals surface area contributed by atoms with Gasteiger partial charge in [-0.2, -0.15) is 0 Å². The van der Waals surface area contributed by atoms with E-state index in [9.17, 15) is 9.18 Å². The van der Waals surface area contributed by atoms with E-state index in [4.69, 9.17) is 4.52 Å². The van der Waals surface area contributed by atoms with Gasteiger partial charge in [0.25, 0.3) is 5.91 Å². The average Bonchev–Trinajstić information content (AvgIpc) is 2.93. The third kappa shape index (κ3) is 3.33. The molecule has 1 fully saturated rings. The molecular weight excluding hydrogens is 285 g/mol. The van der Waals surface area contributed by atoms with Crippen LogP contribution in [0.4, 0.5) is 4.39 Å². The molecular formula is C16H18FN3O2. The number of carbonyl (C=O) groups excluding carboxylic acids is 1. The monoisotopic (exact) mass is 303 g/mol. The van der Waals surface area contributed by atoms with Crippen molar-refractivity contribution in [2.45, 2.75) is 13.5 Å². The molecule has 1 aliphatic rings. The normalized spacial score (nSPS) is 16.0. The number of hydrogen-bond donors (Lipinski definition) is 0. The van der Waals surface area contributed by atoms with E-state index < -0.39 is 0 Å². The van der Waals surface area contributed by atoms with Crippen molar-refractivity contribution in [3.8, 4) is 0 Å². The Morgan fingerprint density at radius 2 is 1.91 bits per heavy atom. The van der Waals surface area contributed by atoms with Crippen molar-refractivity contribution in [2.24, 2.45) is 0 Å². The molecule has 0 radical (unpaired) electrons. The number of piperazine rings is 1. The standard InChI is InChI=1S/C16H18FN3O2/c1-12-10-15(18-22-12)11-19-6-8-20(9-7-19)16(21)13-2-4-14(17)5-3-13/h2-5,10H,6-9,11H2,1H3. The molecule has 1 aliphatic heterocycles. The molecule has 1 amide bonds. The molecule has 3 rings (SSSR count). The molecule has 0 saturated carbocycles. The lowest BCUT2D eigenvalue weighted by atomic mass is 10.1. The van der Waals surface area contributed by atoms with Gasteiger partial charge in [-0.05, 0) is 31.2 Å². The largest absolute Gasteiger partial charge is 0.361 e. The van der Waals surface area contributed by atoms with Gasteiger partial charge in [0.1, 0.15) is 11.6 Å². The first-order valence-electron chi connectivity index (χ1n) is 7.31. The molecule has 1 aromatic carbocycles. The van der Waals surface area contributed by atoms with Crippen LogP contribution in [-0.4, -0.2) is 47.0 Å². The highest BCUT2D eigenvalue weighted by atomic mass is 19.1. The maximum Gasteiger partial charge on any atom is 0.253 e. The fourth-order valence-corrected chi connectivity index (χ4v) is 2.61. The van der Waals surface area contributed by atoms with Crippen molar-refractivity contribution < 1.29 is 13.7 Å². The number of rotatable bonds is 3. The molecule has 1 saturated heterocycles. The van der Waals surface area contributed by atoms with Gasteiger partial charge in [0.15, 0.2) is 0 Å². The van der Waals surface area contributed by atoms with Crippen LogP contribution in [-0.2, 0) is 6.54 Å². The number of halogens is 1. The molecule has 0 unspecified atom stereocenters. The van der Waals surface area contributed by atoms with Gasteiger partial charge in [-0.15, -0.1) is 0 Å². The molecule has 6 heteroatoms. The average molecular weight is 303 g/mol. The Balaban J connectivity index is 1.55. The molecule has 5 nitrogen and oxygen atoms in total. The van der Waals surface area contributed by atoms with Crippen molar-refractivity contribution in [2.75, 3.05) is 26.2 Å². The molecule has 0 spiro atoms. The maximum absolute atomic E-state index is 12.9. The van der Waals surface area contributed by atoms with Crippen LogP contribution < -0.4 is 0 Å².